The summed E-state index contributed by atoms with van der Waals surface area (Å²) in [4.78, 5) is 26.7. The summed E-state index contributed by atoms with van der Waals surface area (Å²) in [5.41, 5.74) is 3.16. The lowest BCUT2D eigenvalue weighted by atomic mass is 9.38. The fourth-order valence-electron chi connectivity index (χ4n) is 6.61. The maximum Gasteiger partial charge on any atom is 0.352 e. The van der Waals surface area contributed by atoms with Crippen LogP contribution in [0.4, 0.5) is 0 Å². The fourth-order valence-corrected chi connectivity index (χ4v) is 6.61. The predicted molar refractivity (Wildman–Crippen MR) is 103 cm³/mol. The van der Waals surface area contributed by atoms with E-state index in [4.69, 9.17) is 0 Å². The van der Waals surface area contributed by atoms with E-state index in [-0.39, 0.29) is 34.3 Å². The molecule has 0 spiro atoms. The van der Waals surface area contributed by atoms with Crippen molar-refractivity contribution in [2.75, 3.05) is 0 Å². The van der Waals surface area contributed by atoms with E-state index < -0.39 is 0 Å². The molecule has 27 heavy (non-hydrogen) atoms. The summed E-state index contributed by atoms with van der Waals surface area (Å²) in [5, 5.41) is 0. The predicted octanol–water partition coefficient (Wildman–Crippen LogP) is 3.36. The Bertz CT molecular complexity index is 1090. The number of allylic oxidation sites excluding steroid dienone is 4. The highest BCUT2D eigenvalue weighted by Crippen LogP contribution is 2.75. The van der Waals surface area contributed by atoms with Crippen LogP contribution in [0.5, 0.6) is 0 Å². The Morgan fingerprint density at radius 3 is 1.78 bits per heavy atom. The molecule has 0 unspecified atom stereocenters. The highest BCUT2D eigenvalue weighted by Gasteiger charge is 2.70. The van der Waals surface area contributed by atoms with Gasteiger partial charge in [-0.05, 0) is 37.8 Å². The summed E-state index contributed by atoms with van der Waals surface area (Å²) in [6, 6.07) is 9.10. The highest BCUT2D eigenvalue weighted by molar-refractivity contribution is 5.51. The SMILES string of the molecule is C[C@@]12C3=C(CCCC3)[C@@]1(C)[C@H]1C=C[C@@H]2n2c(=O)n(-c3ccccc3)c(=O)n21. The normalized spacial score (nSPS) is 35.5. The topological polar surface area (TPSA) is 48.9 Å². The summed E-state index contributed by atoms with van der Waals surface area (Å²) < 4.78 is 4.81. The van der Waals surface area contributed by atoms with Gasteiger partial charge in [0, 0.05) is 10.8 Å². The van der Waals surface area contributed by atoms with Gasteiger partial charge in [0.15, 0.2) is 0 Å². The van der Waals surface area contributed by atoms with Gasteiger partial charge in [0.1, 0.15) is 0 Å². The van der Waals surface area contributed by atoms with Gasteiger partial charge < -0.3 is 0 Å². The van der Waals surface area contributed by atoms with Crippen LogP contribution in [0, 0.1) is 10.8 Å². The second-order valence-electron chi connectivity index (χ2n) is 8.77. The van der Waals surface area contributed by atoms with E-state index >= 15 is 0 Å². The number of benzene rings is 1. The first-order valence-electron chi connectivity index (χ1n) is 9.94. The Morgan fingerprint density at radius 2 is 1.30 bits per heavy atom. The fraction of sp³-hybridized carbons (Fsp3) is 0.455. The molecule has 0 amide bonds. The molecule has 5 nitrogen and oxygen atoms in total. The maximum atomic E-state index is 13.4. The second kappa shape index (κ2) is 4.64. The van der Waals surface area contributed by atoms with Crippen LogP contribution in [0.15, 0.2) is 63.2 Å². The molecule has 1 aromatic heterocycles. The number of nitrogens with zero attached hydrogens (tertiary/aromatic N) is 3. The van der Waals surface area contributed by atoms with Gasteiger partial charge in [-0.1, -0.05) is 55.3 Å². The minimum absolute atomic E-state index is 0.0681. The van der Waals surface area contributed by atoms with Gasteiger partial charge in [-0.3, -0.25) is 0 Å². The van der Waals surface area contributed by atoms with Crippen molar-refractivity contribution in [1.82, 2.24) is 13.9 Å². The van der Waals surface area contributed by atoms with Crippen molar-refractivity contribution < 1.29 is 0 Å². The summed E-state index contributed by atoms with van der Waals surface area (Å²) in [5.74, 6) is 0. The van der Waals surface area contributed by atoms with Gasteiger partial charge in [0.2, 0.25) is 0 Å². The van der Waals surface area contributed by atoms with Gasteiger partial charge >= 0.3 is 11.4 Å². The molecule has 0 saturated carbocycles. The van der Waals surface area contributed by atoms with Gasteiger partial charge in [-0.15, -0.1) is 0 Å². The molecule has 3 aliphatic carbocycles. The molecule has 2 aliphatic heterocycles. The smallest absolute Gasteiger partial charge is 0.245 e. The molecule has 138 valence electrons. The van der Waals surface area contributed by atoms with Crippen LogP contribution in [-0.2, 0) is 0 Å². The molecule has 3 heterocycles. The third-order valence-electron chi connectivity index (χ3n) is 8.01. The molecule has 7 rings (SSSR count). The zero-order valence-corrected chi connectivity index (χ0v) is 15.7. The van der Waals surface area contributed by atoms with Crippen molar-refractivity contribution in [1.29, 1.82) is 0 Å². The van der Waals surface area contributed by atoms with Crippen LogP contribution in [0.2, 0.25) is 0 Å². The second-order valence-corrected chi connectivity index (χ2v) is 8.77. The zero-order chi connectivity index (χ0) is 18.6. The average molecular weight is 361 g/mol. The third-order valence-corrected chi connectivity index (χ3v) is 8.01. The van der Waals surface area contributed by atoms with Crippen LogP contribution in [0.25, 0.3) is 5.69 Å². The first-order chi connectivity index (χ1) is 13.0. The first kappa shape index (κ1) is 15.5. The van der Waals surface area contributed by atoms with E-state index in [1.54, 1.807) is 20.5 Å². The molecule has 2 bridgehead atoms. The van der Waals surface area contributed by atoms with Crippen molar-refractivity contribution in [3.63, 3.8) is 0 Å². The van der Waals surface area contributed by atoms with E-state index in [9.17, 15) is 9.59 Å². The molecule has 0 N–H and O–H groups in total. The molecule has 0 radical (unpaired) electrons. The quantitative estimate of drug-likeness (QED) is 0.731. The van der Waals surface area contributed by atoms with Gasteiger partial charge in [0.05, 0.1) is 17.8 Å². The van der Waals surface area contributed by atoms with Crippen LogP contribution in [-0.4, -0.2) is 13.9 Å². The highest BCUT2D eigenvalue weighted by atomic mass is 16.2. The lowest BCUT2D eigenvalue weighted by Crippen LogP contribution is -2.66. The van der Waals surface area contributed by atoms with Crippen molar-refractivity contribution >= 4 is 0 Å². The zero-order valence-electron chi connectivity index (χ0n) is 15.7. The van der Waals surface area contributed by atoms with E-state index in [0.717, 1.165) is 12.8 Å². The van der Waals surface area contributed by atoms with Gasteiger partial charge in [-0.25, -0.2) is 23.5 Å². The van der Waals surface area contributed by atoms with Crippen molar-refractivity contribution in [2.24, 2.45) is 10.8 Å². The lowest BCUT2D eigenvalue weighted by molar-refractivity contribution is -0.0584. The van der Waals surface area contributed by atoms with E-state index in [2.05, 4.69) is 26.0 Å². The molecule has 5 heteroatoms. The van der Waals surface area contributed by atoms with E-state index in [1.165, 1.54) is 17.4 Å². The largest absolute Gasteiger partial charge is 0.352 e. The van der Waals surface area contributed by atoms with Crippen LogP contribution < -0.4 is 11.4 Å². The molecule has 1 aromatic carbocycles. The Kier molecular flexibility index (Phi) is 2.66. The third kappa shape index (κ3) is 1.44. The minimum atomic E-state index is -0.223. The standard InChI is InChI=1S/C22H23N3O2/c1-21-15-10-6-7-11-16(15)22(21,2)18-13-12-17(21)24-19(26)23(20(27)25(18)24)14-8-4-3-5-9-14/h3-5,8-9,12-13,17-18H,6-7,10-11H2,1-2H3/t17-,18+,21-,22-/m0/s1. The number of aromatic nitrogens is 3. The number of hydrogen-bond donors (Lipinski definition) is 0. The van der Waals surface area contributed by atoms with Crippen molar-refractivity contribution in [3.8, 4) is 5.69 Å². The minimum Gasteiger partial charge on any atom is -0.245 e. The molecule has 2 aromatic rings. The Morgan fingerprint density at radius 1 is 0.815 bits per heavy atom. The summed E-state index contributed by atoms with van der Waals surface area (Å²) in [6.45, 7) is 4.64. The molecular weight excluding hydrogens is 338 g/mol. The Labute approximate surface area is 157 Å². The maximum absolute atomic E-state index is 13.4. The molecule has 0 saturated heterocycles. The first-order valence-corrected chi connectivity index (χ1v) is 9.94. The number of rotatable bonds is 1. The van der Waals surface area contributed by atoms with Crippen LogP contribution in [0.3, 0.4) is 0 Å². The molecular formula is C22H23N3O2. The monoisotopic (exact) mass is 361 g/mol. The van der Waals surface area contributed by atoms with E-state index in [0.29, 0.717) is 5.69 Å². The van der Waals surface area contributed by atoms with Gasteiger partial charge in [-0.2, -0.15) is 0 Å². The summed E-state index contributed by atoms with van der Waals surface area (Å²) in [6.07, 6.45) is 9.08. The average Bonchev–Trinajstić information content (AvgIpc) is 2.97. The van der Waals surface area contributed by atoms with Crippen molar-refractivity contribution in [2.45, 2.75) is 51.6 Å². The number of hydrogen-bond acceptors (Lipinski definition) is 2. The molecule has 5 aliphatic rings. The Balaban J connectivity index is 1.65. The van der Waals surface area contributed by atoms with Crippen molar-refractivity contribution in [3.05, 3.63) is 74.6 Å². The van der Waals surface area contributed by atoms with Crippen LogP contribution in [0.1, 0.15) is 51.6 Å². The Hall–Kier alpha value is -2.56. The molecule has 0 fully saturated rings. The van der Waals surface area contributed by atoms with Gasteiger partial charge in [0.25, 0.3) is 0 Å². The molecule has 4 atom stereocenters. The lowest BCUT2D eigenvalue weighted by Gasteiger charge is -2.69. The van der Waals surface area contributed by atoms with E-state index in [1.807, 2.05) is 30.3 Å². The number of para-hydroxylation sites is 1. The summed E-state index contributed by atoms with van der Waals surface area (Å²) >= 11 is 0. The summed E-state index contributed by atoms with van der Waals surface area (Å²) in [7, 11) is 0. The van der Waals surface area contributed by atoms with Crippen LogP contribution >= 0.6 is 0 Å².